The van der Waals surface area contributed by atoms with E-state index < -0.39 is 17.5 Å². The third kappa shape index (κ3) is 3.26. The van der Waals surface area contributed by atoms with Gasteiger partial charge in [-0.15, -0.1) is 0 Å². The number of likely N-dealkylation sites (tertiary alicyclic amines) is 1. The summed E-state index contributed by atoms with van der Waals surface area (Å²) in [6.07, 6.45) is -2.54. The molecule has 0 aliphatic carbocycles. The van der Waals surface area contributed by atoms with E-state index in [0.29, 0.717) is 23.8 Å². The van der Waals surface area contributed by atoms with Crippen molar-refractivity contribution in [3.05, 3.63) is 41.9 Å². The van der Waals surface area contributed by atoms with E-state index in [9.17, 15) is 13.2 Å². The largest absolute Gasteiger partial charge is 0.404 e. The molecule has 1 N–H and O–H groups in total. The molecule has 0 radical (unpaired) electrons. The average molecular weight is 393 g/mol. The van der Waals surface area contributed by atoms with Crippen LogP contribution in [0.5, 0.6) is 0 Å². The summed E-state index contributed by atoms with van der Waals surface area (Å²) in [5, 5.41) is 10.5. The van der Waals surface area contributed by atoms with Gasteiger partial charge in [0.1, 0.15) is 17.3 Å². The SMILES string of the molecule is CCc1n[nH]c(CN2CCC(c3nc(-c4ccccn4)no3)(C(F)(F)F)C2)n1. The van der Waals surface area contributed by atoms with Crippen LogP contribution in [0.25, 0.3) is 11.5 Å². The number of hydrogen-bond donors (Lipinski definition) is 1. The van der Waals surface area contributed by atoms with Crippen LogP contribution in [0.15, 0.2) is 28.9 Å². The first-order chi connectivity index (χ1) is 13.4. The molecule has 0 spiro atoms. The van der Waals surface area contributed by atoms with Crippen LogP contribution < -0.4 is 0 Å². The maximum absolute atomic E-state index is 14.1. The summed E-state index contributed by atoms with van der Waals surface area (Å²) >= 11 is 0. The monoisotopic (exact) mass is 393 g/mol. The first-order valence-corrected chi connectivity index (χ1v) is 8.86. The van der Waals surface area contributed by atoms with Crippen molar-refractivity contribution in [2.45, 2.75) is 37.9 Å². The summed E-state index contributed by atoms with van der Waals surface area (Å²) in [5.74, 6) is 0.776. The van der Waals surface area contributed by atoms with Crippen molar-refractivity contribution in [1.29, 1.82) is 0 Å². The molecular formula is C17H18F3N7O. The summed E-state index contributed by atoms with van der Waals surface area (Å²) in [7, 11) is 0. The predicted molar refractivity (Wildman–Crippen MR) is 90.9 cm³/mol. The molecule has 0 aromatic carbocycles. The van der Waals surface area contributed by atoms with Gasteiger partial charge in [0.2, 0.25) is 11.7 Å². The zero-order chi connectivity index (χ0) is 19.8. The van der Waals surface area contributed by atoms with Gasteiger partial charge in [0.25, 0.3) is 0 Å². The van der Waals surface area contributed by atoms with Crippen molar-refractivity contribution in [3.8, 4) is 11.5 Å². The highest BCUT2D eigenvalue weighted by atomic mass is 19.4. The molecule has 28 heavy (non-hydrogen) atoms. The molecule has 0 bridgehead atoms. The lowest BCUT2D eigenvalue weighted by Crippen LogP contribution is -2.45. The van der Waals surface area contributed by atoms with Crippen LogP contribution in [0.1, 0.15) is 30.9 Å². The highest BCUT2D eigenvalue weighted by Gasteiger charge is 2.62. The fourth-order valence-corrected chi connectivity index (χ4v) is 3.34. The van der Waals surface area contributed by atoms with Gasteiger partial charge in [-0.25, -0.2) is 4.98 Å². The van der Waals surface area contributed by atoms with Crippen molar-refractivity contribution in [2.75, 3.05) is 13.1 Å². The summed E-state index contributed by atoms with van der Waals surface area (Å²) in [4.78, 5) is 14.0. The quantitative estimate of drug-likeness (QED) is 0.711. The Morgan fingerprint density at radius 1 is 1.29 bits per heavy atom. The van der Waals surface area contributed by atoms with Crippen LogP contribution in [-0.4, -0.2) is 54.5 Å². The molecule has 1 saturated heterocycles. The number of alkyl halides is 3. The molecule has 4 heterocycles. The number of H-pyrrole nitrogens is 1. The van der Waals surface area contributed by atoms with Gasteiger partial charge in [0.15, 0.2) is 5.41 Å². The molecule has 11 heteroatoms. The van der Waals surface area contributed by atoms with E-state index in [1.165, 1.54) is 6.20 Å². The van der Waals surface area contributed by atoms with Crippen LogP contribution >= 0.6 is 0 Å². The molecule has 8 nitrogen and oxygen atoms in total. The smallest absolute Gasteiger partial charge is 0.338 e. The molecule has 4 rings (SSSR count). The topological polar surface area (TPSA) is 96.6 Å². The van der Waals surface area contributed by atoms with Crippen LogP contribution in [0.2, 0.25) is 0 Å². The predicted octanol–water partition coefficient (Wildman–Crippen LogP) is 2.52. The van der Waals surface area contributed by atoms with Crippen LogP contribution in [0, 0.1) is 0 Å². The number of nitrogens with zero attached hydrogens (tertiary/aromatic N) is 6. The third-order valence-corrected chi connectivity index (χ3v) is 4.89. The molecule has 1 aliphatic rings. The number of nitrogens with one attached hydrogen (secondary N) is 1. The molecule has 1 unspecified atom stereocenters. The van der Waals surface area contributed by atoms with Crippen molar-refractivity contribution in [3.63, 3.8) is 0 Å². The maximum Gasteiger partial charge on any atom is 0.404 e. The highest BCUT2D eigenvalue weighted by Crippen LogP contribution is 2.47. The summed E-state index contributed by atoms with van der Waals surface area (Å²) in [5.41, 5.74) is -1.86. The fraction of sp³-hybridized carbons (Fsp3) is 0.471. The van der Waals surface area contributed by atoms with E-state index in [-0.39, 0.29) is 31.9 Å². The molecular weight excluding hydrogens is 375 g/mol. The summed E-state index contributed by atoms with van der Waals surface area (Å²) in [6, 6.07) is 5.02. The standard InChI is InChI=1S/C17H18F3N7O/c1-2-12-22-13(25-24-12)9-27-8-6-16(10-27,17(18,19)20)15-23-14(26-28-15)11-5-3-4-7-21-11/h3-5,7H,2,6,8-10H2,1H3,(H,22,24,25). The van der Waals surface area contributed by atoms with E-state index in [0.717, 1.165) is 0 Å². The second-order valence-corrected chi connectivity index (χ2v) is 6.73. The Morgan fingerprint density at radius 2 is 2.14 bits per heavy atom. The Morgan fingerprint density at radius 3 is 2.82 bits per heavy atom. The van der Waals surface area contributed by atoms with E-state index in [4.69, 9.17) is 4.52 Å². The van der Waals surface area contributed by atoms with E-state index in [1.807, 2.05) is 6.92 Å². The lowest BCUT2D eigenvalue weighted by atomic mass is 9.86. The molecule has 1 fully saturated rings. The van der Waals surface area contributed by atoms with Gasteiger partial charge in [-0.2, -0.15) is 23.3 Å². The number of rotatable bonds is 5. The van der Waals surface area contributed by atoms with Crippen molar-refractivity contribution in [2.24, 2.45) is 0 Å². The van der Waals surface area contributed by atoms with Gasteiger partial charge in [-0.05, 0) is 18.6 Å². The minimum absolute atomic E-state index is 0.0421. The number of aryl methyl sites for hydroxylation is 1. The molecule has 1 aliphatic heterocycles. The maximum atomic E-state index is 14.1. The lowest BCUT2D eigenvalue weighted by molar-refractivity contribution is -0.193. The van der Waals surface area contributed by atoms with Gasteiger partial charge < -0.3 is 4.52 Å². The van der Waals surface area contributed by atoms with Crippen molar-refractivity contribution < 1.29 is 17.7 Å². The highest BCUT2D eigenvalue weighted by molar-refractivity contribution is 5.47. The van der Waals surface area contributed by atoms with Crippen molar-refractivity contribution >= 4 is 0 Å². The number of hydrogen-bond acceptors (Lipinski definition) is 7. The normalized spacial score (nSPS) is 20.7. The van der Waals surface area contributed by atoms with E-state index in [2.05, 4.69) is 30.3 Å². The first-order valence-electron chi connectivity index (χ1n) is 8.86. The summed E-state index contributed by atoms with van der Waals surface area (Å²) < 4.78 is 47.3. The zero-order valence-electron chi connectivity index (χ0n) is 15.1. The molecule has 3 aromatic rings. The van der Waals surface area contributed by atoms with Crippen LogP contribution in [-0.2, 0) is 18.4 Å². The Hall–Kier alpha value is -2.82. The van der Waals surface area contributed by atoms with Gasteiger partial charge >= 0.3 is 6.18 Å². The zero-order valence-corrected chi connectivity index (χ0v) is 15.1. The Kier molecular flexibility index (Phi) is 4.61. The van der Waals surface area contributed by atoms with E-state index >= 15 is 0 Å². The lowest BCUT2D eigenvalue weighted by Gasteiger charge is -2.27. The molecule has 148 valence electrons. The van der Waals surface area contributed by atoms with Gasteiger partial charge in [0.05, 0.1) is 6.54 Å². The molecule has 0 saturated carbocycles. The minimum Gasteiger partial charge on any atom is -0.338 e. The van der Waals surface area contributed by atoms with E-state index in [1.54, 1.807) is 23.1 Å². The third-order valence-electron chi connectivity index (χ3n) is 4.89. The van der Waals surface area contributed by atoms with Gasteiger partial charge in [-0.1, -0.05) is 18.1 Å². The second kappa shape index (κ2) is 6.97. The average Bonchev–Trinajstić information content (AvgIpc) is 3.42. The minimum atomic E-state index is -4.54. The van der Waals surface area contributed by atoms with Crippen LogP contribution in [0.3, 0.4) is 0 Å². The van der Waals surface area contributed by atoms with Crippen molar-refractivity contribution in [1.82, 2.24) is 35.2 Å². The molecule has 1 atom stereocenters. The number of halogens is 3. The Labute approximate surface area is 158 Å². The van der Waals surface area contributed by atoms with Gasteiger partial charge in [-0.3, -0.25) is 15.0 Å². The first kappa shape index (κ1) is 18.5. The fourth-order valence-electron chi connectivity index (χ4n) is 3.34. The van der Waals surface area contributed by atoms with Gasteiger partial charge in [0, 0.05) is 25.7 Å². The number of aromatic nitrogens is 6. The summed E-state index contributed by atoms with van der Waals surface area (Å²) in [6.45, 7) is 2.09. The van der Waals surface area contributed by atoms with Crippen LogP contribution in [0.4, 0.5) is 13.2 Å². The molecule has 3 aromatic heterocycles. The molecule has 0 amide bonds. The Balaban J connectivity index is 1.59. The second-order valence-electron chi connectivity index (χ2n) is 6.73. The number of pyridine rings is 1. The number of aromatic amines is 1. The Bertz CT molecular complexity index is 940.